The molecule has 1 atom stereocenters. The number of alkyl halides is 6. The second-order valence-corrected chi connectivity index (χ2v) is 6.16. The van der Waals surface area contributed by atoms with Crippen LogP contribution in [0.4, 0.5) is 26.3 Å². The van der Waals surface area contributed by atoms with Gasteiger partial charge in [0.1, 0.15) is 0 Å². The first-order chi connectivity index (χ1) is 11.1. The van der Waals surface area contributed by atoms with Crippen LogP contribution in [0.3, 0.4) is 0 Å². The third-order valence-corrected chi connectivity index (χ3v) is 4.74. The maximum Gasteiger partial charge on any atom is 0.427 e. The zero-order valence-corrected chi connectivity index (χ0v) is 12.8. The first kappa shape index (κ1) is 18.7. The van der Waals surface area contributed by atoms with Gasteiger partial charge >= 0.3 is 12.4 Å². The molecule has 0 aliphatic heterocycles. The molecule has 0 aliphatic rings. The summed E-state index contributed by atoms with van der Waals surface area (Å²) in [5.41, 5.74) is -5.16. The van der Waals surface area contributed by atoms with Gasteiger partial charge in [-0.25, -0.2) is 0 Å². The van der Waals surface area contributed by atoms with E-state index in [1.807, 2.05) is 0 Å². The van der Waals surface area contributed by atoms with Crippen LogP contribution in [-0.4, -0.2) is 23.1 Å². The standard InChI is InChI=1S/C16H12F6OS/c17-15(18,19)14(23,16(20,21)22)13(11-7-3-1-4-8-11)24-12-9-5-2-6-10-12/h1-10,13,23H. The molecule has 130 valence electrons. The summed E-state index contributed by atoms with van der Waals surface area (Å²) in [6.45, 7) is 0. The Kier molecular flexibility index (Phi) is 5.19. The zero-order valence-electron chi connectivity index (χ0n) is 12.0. The van der Waals surface area contributed by atoms with Crippen LogP contribution in [0, 0.1) is 0 Å². The smallest absolute Gasteiger partial charge is 0.372 e. The molecule has 0 bridgehead atoms. The van der Waals surface area contributed by atoms with Crippen LogP contribution >= 0.6 is 11.8 Å². The van der Waals surface area contributed by atoms with Crippen LogP contribution in [0.15, 0.2) is 65.6 Å². The summed E-state index contributed by atoms with van der Waals surface area (Å²) in [6.07, 6.45) is -11.8. The van der Waals surface area contributed by atoms with E-state index in [0.717, 1.165) is 12.1 Å². The molecule has 1 N–H and O–H groups in total. The Hall–Kier alpha value is -1.67. The molecule has 0 amide bonds. The van der Waals surface area contributed by atoms with Crippen molar-refractivity contribution in [3.8, 4) is 0 Å². The van der Waals surface area contributed by atoms with E-state index in [-0.39, 0.29) is 10.5 Å². The predicted octanol–water partition coefficient (Wildman–Crippen LogP) is 5.38. The third kappa shape index (κ3) is 3.54. The van der Waals surface area contributed by atoms with Crippen molar-refractivity contribution in [2.75, 3.05) is 0 Å². The molecule has 0 aliphatic carbocycles. The molecule has 0 saturated carbocycles. The van der Waals surface area contributed by atoms with Gasteiger partial charge in [0, 0.05) is 4.90 Å². The molecule has 0 spiro atoms. The lowest BCUT2D eigenvalue weighted by Crippen LogP contribution is -2.59. The molecular formula is C16H12F6OS. The quantitative estimate of drug-likeness (QED) is 0.579. The topological polar surface area (TPSA) is 20.2 Å². The Balaban J connectivity index is 2.60. The fraction of sp³-hybridized carbons (Fsp3) is 0.250. The van der Waals surface area contributed by atoms with Gasteiger partial charge in [-0.2, -0.15) is 26.3 Å². The number of aliphatic hydroxyl groups is 1. The van der Waals surface area contributed by atoms with Crippen molar-refractivity contribution in [2.45, 2.75) is 28.1 Å². The van der Waals surface area contributed by atoms with E-state index in [1.54, 1.807) is 6.07 Å². The minimum Gasteiger partial charge on any atom is -0.372 e. The lowest BCUT2D eigenvalue weighted by molar-refractivity contribution is -0.368. The zero-order chi connectivity index (χ0) is 18.0. The van der Waals surface area contributed by atoms with E-state index in [4.69, 9.17) is 0 Å². The van der Waals surface area contributed by atoms with Crippen LogP contribution < -0.4 is 0 Å². The Morgan fingerprint density at radius 2 is 1.12 bits per heavy atom. The number of hydrogen-bond donors (Lipinski definition) is 1. The highest BCUT2D eigenvalue weighted by Crippen LogP contribution is 2.56. The summed E-state index contributed by atoms with van der Waals surface area (Å²) >= 11 is 0.312. The van der Waals surface area contributed by atoms with Crippen LogP contribution in [-0.2, 0) is 0 Å². The molecule has 0 heterocycles. The van der Waals surface area contributed by atoms with E-state index in [9.17, 15) is 31.4 Å². The van der Waals surface area contributed by atoms with Crippen LogP contribution in [0.2, 0.25) is 0 Å². The van der Waals surface area contributed by atoms with Crippen molar-refractivity contribution in [3.63, 3.8) is 0 Å². The van der Waals surface area contributed by atoms with E-state index >= 15 is 0 Å². The second-order valence-electron chi connectivity index (χ2n) is 4.98. The largest absolute Gasteiger partial charge is 0.427 e. The molecule has 2 aromatic carbocycles. The summed E-state index contributed by atoms with van der Waals surface area (Å²) in [5.74, 6) is 0. The van der Waals surface area contributed by atoms with Crippen molar-refractivity contribution < 1.29 is 31.4 Å². The molecule has 24 heavy (non-hydrogen) atoms. The minimum atomic E-state index is -5.90. The molecule has 1 nitrogen and oxygen atoms in total. The number of benzene rings is 2. The molecule has 2 rings (SSSR count). The molecular weight excluding hydrogens is 354 g/mol. The summed E-state index contributed by atoms with van der Waals surface area (Å²) in [6, 6.07) is 13.7. The molecule has 0 aromatic heterocycles. The lowest BCUT2D eigenvalue weighted by atomic mass is 9.92. The average Bonchev–Trinajstić information content (AvgIpc) is 2.51. The minimum absolute atomic E-state index is 0.179. The monoisotopic (exact) mass is 366 g/mol. The predicted molar refractivity (Wildman–Crippen MR) is 78.5 cm³/mol. The highest BCUT2D eigenvalue weighted by molar-refractivity contribution is 7.99. The van der Waals surface area contributed by atoms with E-state index in [1.165, 1.54) is 42.5 Å². The first-order valence-electron chi connectivity index (χ1n) is 6.70. The van der Waals surface area contributed by atoms with Crippen molar-refractivity contribution in [1.82, 2.24) is 0 Å². The van der Waals surface area contributed by atoms with Crippen molar-refractivity contribution in [1.29, 1.82) is 0 Å². The summed E-state index contributed by atoms with van der Waals surface area (Å²) in [4.78, 5) is 0.179. The fourth-order valence-corrected chi connectivity index (χ4v) is 3.43. The number of halogens is 6. The first-order valence-corrected chi connectivity index (χ1v) is 7.58. The van der Waals surface area contributed by atoms with Gasteiger partial charge in [0.15, 0.2) is 0 Å². The molecule has 1 unspecified atom stereocenters. The van der Waals surface area contributed by atoms with Crippen molar-refractivity contribution in [2.24, 2.45) is 0 Å². The van der Waals surface area contributed by atoms with Gasteiger partial charge in [0.05, 0.1) is 5.25 Å². The van der Waals surface area contributed by atoms with Crippen LogP contribution in [0.25, 0.3) is 0 Å². The third-order valence-electron chi connectivity index (χ3n) is 3.34. The normalized spacial score (nSPS) is 14.5. The Morgan fingerprint density at radius 3 is 1.54 bits per heavy atom. The van der Waals surface area contributed by atoms with E-state index in [0.29, 0.717) is 11.8 Å². The van der Waals surface area contributed by atoms with E-state index < -0.39 is 23.2 Å². The van der Waals surface area contributed by atoms with Crippen molar-refractivity contribution >= 4 is 11.8 Å². The fourth-order valence-electron chi connectivity index (χ4n) is 2.12. The van der Waals surface area contributed by atoms with Crippen molar-refractivity contribution in [3.05, 3.63) is 66.2 Å². The lowest BCUT2D eigenvalue weighted by Gasteiger charge is -2.38. The molecule has 0 saturated heterocycles. The van der Waals surface area contributed by atoms with Gasteiger partial charge in [-0.3, -0.25) is 0 Å². The van der Waals surface area contributed by atoms with Gasteiger partial charge < -0.3 is 5.11 Å². The molecule has 2 aromatic rings. The van der Waals surface area contributed by atoms with Gasteiger partial charge in [0.2, 0.25) is 0 Å². The SMILES string of the molecule is OC(C(Sc1ccccc1)c1ccccc1)(C(F)(F)F)C(F)(F)F. The van der Waals surface area contributed by atoms with Gasteiger partial charge in [-0.05, 0) is 17.7 Å². The van der Waals surface area contributed by atoms with Gasteiger partial charge in [-0.15, -0.1) is 11.8 Å². The van der Waals surface area contributed by atoms with Gasteiger partial charge in [-0.1, -0.05) is 48.5 Å². The molecule has 8 heteroatoms. The Morgan fingerprint density at radius 1 is 0.708 bits per heavy atom. The summed E-state index contributed by atoms with van der Waals surface area (Å²) < 4.78 is 79.5. The highest BCUT2D eigenvalue weighted by atomic mass is 32.2. The maximum absolute atomic E-state index is 13.3. The summed E-state index contributed by atoms with van der Waals surface area (Å²) in [5, 5.41) is 7.48. The van der Waals surface area contributed by atoms with Crippen LogP contribution in [0.1, 0.15) is 10.8 Å². The Labute approximate surface area is 138 Å². The van der Waals surface area contributed by atoms with Gasteiger partial charge in [0.25, 0.3) is 5.60 Å². The average molecular weight is 366 g/mol. The number of rotatable bonds is 4. The molecule has 0 radical (unpaired) electrons. The second kappa shape index (κ2) is 6.68. The number of thioether (sulfide) groups is 1. The highest BCUT2D eigenvalue weighted by Gasteiger charge is 2.74. The van der Waals surface area contributed by atoms with E-state index in [2.05, 4.69) is 0 Å². The molecule has 0 fully saturated rings. The number of hydrogen-bond acceptors (Lipinski definition) is 2. The Bertz CT molecular complexity index is 640. The van der Waals surface area contributed by atoms with Crippen LogP contribution in [0.5, 0.6) is 0 Å². The summed E-state index contributed by atoms with van der Waals surface area (Å²) in [7, 11) is 0. The maximum atomic E-state index is 13.3.